The van der Waals surface area contributed by atoms with Crippen LogP contribution < -0.4 is 5.32 Å². The van der Waals surface area contributed by atoms with Crippen molar-refractivity contribution in [1.29, 1.82) is 0 Å². The molecule has 1 aliphatic rings. The van der Waals surface area contributed by atoms with Crippen LogP contribution in [-0.2, 0) is 9.59 Å². The molecule has 0 aromatic carbocycles. The third kappa shape index (κ3) is 6.04. The summed E-state index contributed by atoms with van der Waals surface area (Å²) in [5.41, 5.74) is 0. The van der Waals surface area contributed by atoms with Crippen LogP contribution in [-0.4, -0.2) is 60.9 Å². The monoisotopic (exact) mass is 297 g/mol. The van der Waals surface area contributed by atoms with Gasteiger partial charge in [-0.2, -0.15) is 0 Å². The van der Waals surface area contributed by atoms with E-state index in [1.165, 1.54) is 0 Å². The molecule has 0 unspecified atom stereocenters. The van der Waals surface area contributed by atoms with Crippen molar-refractivity contribution in [3.8, 4) is 0 Å². The first-order valence-corrected chi connectivity index (χ1v) is 8.34. The van der Waals surface area contributed by atoms with Crippen LogP contribution in [0.4, 0.5) is 0 Å². The Morgan fingerprint density at radius 2 is 1.52 bits per heavy atom. The molecule has 1 aliphatic heterocycles. The molecule has 0 spiro atoms. The quantitative estimate of drug-likeness (QED) is 0.741. The molecule has 0 atom stereocenters. The zero-order chi connectivity index (χ0) is 15.7. The first kappa shape index (κ1) is 18.0. The van der Waals surface area contributed by atoms with Crippen molar-refractivity contribution < 1.29 is 9.59 Å². The summed E-state index contributed by atoms with van der Waals surface area (Å²) < 4.78 is 0. The van der Waals surface area contributed by atoms with Crippen molar-refractivity contribution in [2.45, 2.75) is 58.4 Å². The Hall–Kier alpha value is -1.10. The number of piperidine rings is 1. The van der Waals surface area contributed by atoms with E-state index in [1.807, 2.05) is 16.8 Å². The second-order valence-corrected chi connectivity index (χ2v) is 5.87. The Balaban J connectivity index is 2.37. The molecular weight excluding hydrogens is 266 g/mol. The average Bonchev–Trinajstić information content (AvgIpc) is 2.52. The zero-order valence-corrected chi connectivity index (χ0v) is 13.9. The third-order valence-corrected chi connectivity index (χ3v) is 4.14. The maximum Gasteiger partial charge on any atom is 0.223 e. The molecule has 0 aromatic heterocycles. The summed E-state index contributed by atoms with van der Waals surface area (Å²) in [6, 6.07) is 0.330. The van der Waals surface area contributed by atoms with Crippen LogP contribution in [0.1, 0.15) is 52.4 Å². The van der Waals surface area contributed by atoms with E-state index in [1.54, 1.807) is 0 Å². The third-order valence-electron chi connectivity index (χ3n) is 4.14. The van der Waals surface area contributed by atoms with Crippen LogP contribution in [0.3, 0.4) is 0 Å². The maximum absolute atomic E-state index is 12.2. The first-order valence-electron chi connectivity index (χ1n) is 8.34. The number of hydrogen-bond acceptors (Lipinski definition) is 3. The fourth-order valence-electron chi connectivity index (χ4n) is 2.85. The SMILES string of the molecule is CCCN(CCC)C(=O)CCC(=O)N(C)C1CCNCC1. The van der Waals surface area contributed by atoms with E-state index in [0.29, 0.717) is 18.9 Å². The highest BCUT2D eigenvalue weighted by Crippen LogP contribution is 2.12. The predicted molar refractivity (Wildman–Crippen MR) is 85.1 cm³/mol. The molecule has 5 heteroatoms. The Kier molecular flexibility index (Phi) is 8.35. The van der Waals surface area contributed by atoms with Gasteiger partial charge in [-0.05, 0) is 38.8 Å². The molecule has 0 saturated carbocycles. The van der Waals surface area contributed by atoms with E-state index in [-0.39, 0.29) is 11.8 Å². The lowest BCUT2D eigenvalue weighted by molar-refractivity contribution is -0.137. The minimum Gasteiger partial charge on any atom is -0.343 e. The molecule has 0 aromatic rings. The molecule has 1 saturated heterocycles. The lowest BCUT2D eigenvalue weighted by Gasteiger charge is -2.32. The van der Waals surface area contributed by atoms with Crippen molar-refractivity contribution in [2.75, 3.05) is 33.2 Å². The highest BCUT2D eigenvalue weighted by Gasteiger charge is 2.22. The molecule has 122 valence electrons. The van der Waals surface area contributed by atoms with E-state index in [4.69, 9.17) is 0 Å². The van der Waals surface area contributed by atoms with E-state index in [2.05, 4.69) is 19.2 Å². The average molecular weight is 297 g/mol. The summed E-state index contributed by atoms with van der Waals surface area (Å²) in [5.74, 6) is 0.217. The number of carbonyl (C=O) groups excluding carboxylic acids is 2. The highest BCUT2D eigenvalue weighted by atomic mass is 16.2. The number of carbonyl (C=O) groups is 2. The van der Waals surface area contributed by atoms with Gasteiger partial charge in [0.25, 0.3) is 0 Å². The van der Waals surface area contributed by atoms with Crippen LogP contribution in [0.15, 0.2) is 0 Å². The summed E-state index contributed by atoms with van der Waals surface area (Å²) in [6.45, 7) is 7.69. The van der Waals surface area contributed by atoms with Gasteiger partial charge in [0.15, 0.2) is 0 Å². The fourth-order valence-corrected chi connectivity index (χ4v) is 2.85. The molecule has 0 aliphatic carbocycles. The van der Waals surface area contributed by atoms with Gasteiger partial charge < -0.3 is 15.1 Å². The summed E-state index contributed by atoms with van der Waals surface area (Å²) in [6.07, 6.45) is 4.63. The zero-order valence-electron chi connectivity index (χ0n) is 13.9. The van der Waals surface area contributed by atoms with Gasteiger partial charge in [-0.15, -0.1) is 0 Å². The van der Waals surface area contributed by atoms with E-state index in [9.17, 15) is 9.59 Å². The van der Waals surface area contributed by atoms with Gasteiger partial charge in [-0.25, -0.2) is 0 Å². The predicted octanol–water partition coefficient (Wildman–Crippen LogP) is 1.63. The van der Waals surface area contributed by atoms with Crippen molar-refractivity contribution in [3.63, 3.8) is 0 Å². The molecule has 1 fully saturated rings. The molecule has 2 amide bonds. The van der Waals surface area contributed by atoms with Gasteiger partial charge in [-0.1, -0.05) is 13.8 Å². The van der Waals surface area contributed by atoms with Crippen LogP contribution in [0.5, 0.6) is 0 Å². The fraction of sp³-hybridized carbons (Fsp3) is 0.875. The number of hydrogen-bond donors (Lipinski definition) is 1. The molecule has 0 radical (unpaired) electrons. The lowest BCUT2D eigenvalue weighted by atomic mass is 10.0. The minimum atomic E-state index is 0.100. The molecule has 0 bridgehead atoms. The smallest absolute Gasteiger partial charge is 0.223 e. The van der Waals surface area contributed by atoms with Gasteiger partial charge in [0.05, 0.1) is 0 Å². The highest BCUT2D eigenvalue weighted by molar-refractivity contribution is 5.83. The summed E-state index contributed by atoms with van der Waals surface area (Å²) in [4.78, 5) is 28.1. The number of rotatable bonds is 8. The van der Waals surface area contributed by atoms with Gasteiger partial charge in [0, 0.05) is 39.0 Å². The van der Waals surface area contributed by atoms with Gasteiger partial charge in [0.1, 0.15) is 0 Å². The molecule has 1 heterocycles. The Labute approximate surface area is 129 Å². The van der Waals surface area contributed by atoms with Gasteiger partial charge >= 0.3 is 0 Å². The first-order chi connectivity index (χ1) is 10.1. The van der Waals surface area contributed by atoms with E-state index < -0.39 is 0 Å². The van der Waals surface area contributed by atoms with Crippen molar-refractivity contribution >= 4 is 11.8 Å². The molecule has 1 rings (SSSR count). The normalized spacial score (nSPS) is 15.8. The van der Waals surface area contributed by atoms with Crippen LogP contribution in [0, 0.1) is 0 Å². The number of amides is 2. The van der Waals surface area contributed by atoms with E-state index in [0.717, 1.165) is 51.9 Å². The standard InChI is InChI=1S/C16H31N3O2/c1-4-12-19(13-5-2)16(21)7-6-15(20)18(3)14-8-10-17-11-9-14/h14,17H,4-13H2,1-3H3. The maximum atomic E-state index is 12.2. The van der Waals surface area contributed by atoms with Crippen molar-refractivity contribution in [1.82, 2.24) is 15.1 Å². The molecule has 5 nitrogen and oxygen atoms in total. The minimum absolute atomic E-state index is 0.100. The second-order valence-electron chi connectivity index (χ2n) is 5.87. The lowest BCUT2D eigenvalue weighted by Crippen LogP contribution is -2.44. The number of nitrogens with one attached hydrogen (secondary N) is 1. The molecule has 1 N–H and O–H groups in total. The van der Waals surface area contributed by atoms with Crippen LogP contribution in [0.25, 0.3) is 0 Å². The van der Waals surface area contributed by atoms with Crippen molar-refractivity contribution in [3.05, 3.63) is 0 Å². The van der Waals surface area contributed by atoms with E-state index >= 15 is 0 Å². The van der Waals surface area contributed by atoms with Crippen LogP contribution in [0.2, 0.25) is 0 Å². The van der Waals surface area contributed by atoms with Gasteiger partial charge in [-0.3, -0.25) is 9.59 Å². The Bertz CT molecular complexity index is 321. The molecule has 21 heavy (non-hydrogen) atoms. The largest absolute Gasteiger partial charge is 0.343 e. The summed E-state index contributed by atoms with van der Waals surface area (Å²) in [7, 11) is 1.87. The number of nitrogens with zero attached hydrogens (tertiary/aromatic N) is 2. The molecular formula is C16H31N3O2. The van der Waals surface area contributed by atoms with Crippen molar-refractivity contribution in [2.24, 2.45) is 0 Å². The topological polar surface area (TPSA) is 52.7 Å². The van der Waals surface area contributed by atoms with Crippen LogP contribution >= 0.6 is 0 Å². The van der Waals surface area contributed by atoms with Gasteiger partial charge in [0.2, 0.25) is 11.8 Å². The summed E-state index contributed by atoms with van der Waals surface area (Å²) >= 11 is 0. The Morgan fingerprint density at radius 3 is 2.05 bits per heavy atom. The second kappa shape index (κ2) is 9.77. The Morgan fingerprint density at radius 1 is 1.00 bits per heavy atom. The summed E-state index contributed by atoms with van der Waals surface area (Å²) in [5, 5.41) is 3.30.